The molecule has 2 aromatic carbocycles. The zero-order valence-electron chi connectivity index (χ0n) is 11.9. The third kappa shape index (κ3) is 5.16. The van der Waals surface area contributed by atoms with Crippen LogP contribution in [-0.2, 0) is 17.6 Å². The largest absolute Gasteiger partial charge is 0.497 e. The second kappa shape index (κ2) is 7.74. The maximum absolute atomic E-state index is 10.6. The van der Waals surface area contributed by atoms with Crippen LogP contribution in [0.25, 0.3) is 0 Å². The maximum atomic E-state index is 10.6. The molecule has 110 valence electrons. The van der Waals surface area contributed by atoms with Gasteiger partial charge in [-0.15, -0.1) is 11.8 Å². The van der Waals surface area contributed by atoms with Crippen LogP contribution in [0, 0.1) is 0 Å². The van der Waals surface area contributed by atoms with Gasteiger partial charge >= 0.3 is 5.97 Å². The summed E-state index contributed by atoms with van der Waals surface area (Å²) in [7, 11) is 1.67. The number of carboxylic acid groups (broad SMARTS) is 1. The van der Waals surface area contributed by atoms with Gasteiger partial charge in [-0.3, -0.25) is 4.79 Å². The highest BCUT2D eigenvalue weighted by molar-refractivity contribution is 7.99. The van der Waals surface area contributed by atoms with Crippen LogP contribution in [-0.4, -0.2) is 23.9 Å². The van der Waals surface area contributed by atoms with Crippen molar-refractivity contribution in [3.63, 3.8) is 0 Å². The molecule has 1 N–H and O–H groups in total. The Morgan fingerprint density at radius 2 is 1.67 bits per heavy atom. The Balaban J connectivity index is 1.81. The lowest BCUT2D eigenvalue weighted by molar-refractivity contribution is -0.136. The van der Waals surface area contributed by atoms with Gasteiger partial charge in [-0.1, -0.05) is 24.3 Å². The Bertz CT molecular complexity index is 576. The van der Waals surface area contributed by atoms with Crippen LogP contribution in [0.2, 0.25) is 0 Å². The Kier molecular flexibility index (Phi) is 5.69. The van der Waals surface area contributed by atoms with E-state index in [9.17, 15) is 4.79 Å². The summed E-state index contributed by atoms with van der Waals surface area (Å²) in [5.74, 6) is 1.07. The summed E-state index contributed by atoms with van der Waals surface area (Å²) in [4.78, 5) is 11.8. The number of hydrogen-bond donors (Lipinski definition) is 1. The second-order valence-electron chi connectivity index (χ2n) is 4.66. The molecule has 0 saturated heterocycles. The van der Waals surface area contributed by atoms with E-state index >= 15 is 0 Å². The minimum atomic E-state index is -0.796. The van der Waals surface area contributed by atoms with Crippen LogP contribution >= 0.6 is 11.8 Å². The van der Waals surface area contributed by atoms with Crippen LogP contribution in [0.5, 0.6) is 5.75 Å². The van der Waals surface area contributed by atoms with E-state index in [4.69, 9.17) is 9.84 Å². The molecule has 0 unspecified atom stereocenters. The molecule has 0 aliphatic heterocycles. The van der Waals surface area contributed by atoms with Crippen molar-refractivity contribution in [3.05, 3.63) is 59.7 Å². The molecule has 0 heterocycles. The van der Waals surface area contributed by atoms with Gasteiger partial charge in [-0.05, 0) is 41.8 Å². The van der Waals surface area contributed by atoms with Crippen molar-refractivity contribution >= 4 is 17.7 Å². The third-order valence-electron chi connectivity index (χ3n) is 3.10. The van der Waals surface area contributed by atoms with Crippen molar-refractivity contribution in [1.29, 1.82) is 0 Å². The fraction of sp³-hybridized carbons (Fsp3) is 0.235. The fourth-order valence-electron chi connectivity index (χ4n) is 1.96. The van der Waals surface area contributed by atoms with Crippen LogP contribution < -0.4 is 4.74 Å². The van der Waals surface area contributed by atoms with Gasteiger partial charge in [0.25, 0.3) is 0 Å². The quantitative estimate of drug-likeness (QED) is 0.793. The van der Waals surface area contributed by atoms with Gasteiger partial charge in [0.15, 0.2) is 0 Å². The van der Waals surface area contributed by atoms with E-state index in [2.05, 4.69) is 12.1 Å². The van der Waals surface area contributed by atoms with Gasteiger partial charge in [-0.2, -0.15) is 0 Å². The SMILES string of the molecule is COc1ccc(CCSc2ccc(CC(=O)O)cc2)cc1. The smallest absolute Gasteiger partial charge is 0.307 e. The van der Waals surface area contributed by atoms with Crippen molar-refractivity contribution in [2.24, 2.45) is 0 Å². The van der Waals surface area contributed by atoms with Crippen LogP contribution in [0.3, 0.4) is 0 Å². The zero-order valence-corrected chi connectivity index (χ0v) is 12.7. The number of rotatable bonds is 7. The number of carboxylic acids is 1. The van der Waals surface area contributed by atoms with Gasteiger partial charge in [0.2, 0.25) is 0 Å². The molecule has 0 saturated carbocycles. The van der Waals surface area contributed by atoms with E-state index in [0.29, 0.717) is 0 Å². The Hall–Kier alpha value is -1.94. The van der Waals surface area contributed by atoms with Crippen molar-refractivity contribution in [2.45, 2.75) is 17.7 Å². The monoisotopic (exact) mass is 302 g/mol. The lowest BCUT2D eigenvalue weighted by atomic mass is 10.2. The minimum absolute atomic E-state index is 0.0802. The molecular formula is C17H18O3S. The molecule has 0 aromatic heterocycles. The molecule has 21 heavy (non-hydrogen) atoms. The molecule has 0 aliphatic rings. The topological polar surface area (TPSA) is 46.5 Å². The van der Waals surface area contributed by atoms with Crippen LogP contribution in [0.1, 0.15) is 11.1 Å². The number of thioether (sulfide) groups is 1. The van der Waals surface area contributed by atoms with Gasteiger partial charge in [0, 0.05) is 10.6 Å². The molecule has 0 atom stereocenters. The van der Waals surface area contributed by atoms with Gasteiger partial charge in [0.05, 0.1) is 13.5 Å². The Morgan fingerprint density at radius 1 is 1.05 bits per heavy atom. The summed E-state index contributed by atoms with van der Waals surface area (Å²) in [5.41, 5.74) is 2.12. The van der Waals surface area contributed by atoms with Crippen LogP contribution in [0.4, 0.5) is 0 Å². The van der Waals surface area contributed by atoms with E-state index in [0.717, 1.165) is 28.4 Å². The molecule has 0 spiro atoms. The number of aliphatic carboxylic acids is 1. The first-order valence-corrected chi connectivity index (χ1v) is 7.72. The number of hydrogen-bond acceptors (Lipinski definition) is 3. The van der Waals surface area contributed by atoms with E-state index in [1.54, 1.807) is 18.9 Å². The first-order chi connectivity index (χ1) is 10.2. The molecule has 3 nitrogen and oxygen atoms in total. The number of carbonyl (C=O) groups is 1. The number of methoxy groups -OCH3 is 1. The molecule has 2 rings (SSSR count). The molecule has 0 bridgehead atoms. The Morgan fingerprint density at radius 3 is 2.24 bits per heavy atom. The summed E-state index contributed by atoms with van der Waals surface area (Å²) in [6.45, 7) is 0. The summed E-state index contributed by atoms with van der Waals surface area (Å²) in [6, 6.07) is 15.8. The number of aryl methyl sites for hydroxylation is 1. The van der Waals surface area contributed by atoms with Gasteiger partial charge in [-0.25, -0.2) is 0 Å². The van der Waals surface area contributed by atoms with E-state index in [-0.39, 0.29) is 6.42 Å². The summed E-state index contributed by atoms with van der Waals surface area (Å²) in [6.07, 6.45) is 1.07. The lowest BCUT2D eigenvalue weighted by Gasteiger charge is -2.05. The van der Waals surface area contributed by atoms with E-state index in [1.807, 2.05) is 36.4 Å². The predicted octanol–water partition coefficient (Wildman–Crippen LogP) is 3.66. The highest BCUT2D eigenvalue weighted by Gasteiger charge is 2.01. The lowest BCUT2D eigenvalue weighted by Crippen LogP contribution is -1.99. The second-order valence-corrected chi connectivity index (χ2v) is 5.83. The molecule has 4 heteroatoms. The molecule has 0 fully saturated rings. The Labute approximate surface area is 129 Å². The summed E-state index contributed by atoms with van der Waals surface area (Å²) in [5, 5.41) is 8.73. The van der Waals surface area contributed by atoms with Gasteiger partial charge < -0.3 is 9.84 Å². The first-order valence-electron chi connectivity index (χ1n) is 6.74. The van der Waals surface area contributed by atoms with E-state index < -0.39 is 5.97 Å². The average Bonchev–Trinajstić information content (AvgIpc) is 2.49. The molecule has 0 aliphatic carbocycles. The third-order valence-corrected chi connectivity index (χ3v) is 4.11. The van der Waals surface area contributed by atoms with Crippen LogP contribution in [0.15, 0.2) is 53.4 Å². The fourth-order valence-corrected chi connectivity index (χ4v) is 2.86. The average molecular weight is 302 g/mol. The van der Waals surface area contributed by atoms with Gasteiger partial charge in [0.1, 0.15) is 5.75 Å². The van der Waals surface area contributed by atoms with Crippen molar-refractivity contribution in [1.82, 2.24) is 0 Å². The standard InChI is InChI=1S/C17H18O3S/c1-20-15-6-2-13(3-7-15)10-11-21-16-8-4-14(5-9-16)12-17(18)19/h2-9H,10-12H2,1H3,(H,18,19). The van der Waals surface area contributed by atoms with Crippen molar-refractivity contribution < 1.29 is 14.6 Å². The highest BCUT2D eigenvalue weighted by atomic mass is 32.2. The normalized spacial score (nSPS) is 10.3. The molecule has 0 amide bonds. The highest BCUT2D eigenvalue weighted by Crippen LogP contribution is 2.20. The molecular weight excluding hydrogens is 284 g/mol. The first kappa shape index (κ1) is 15.4. The van der Waals surface area contributed by atoms with Crippen molar-refractivity contribution in [3.8, 4) is 5.75 Å². The predicted molar refractivity (Wildman–Crippen MR) is 85.2 cm³/mol. The maximum Gasteiger partial charge on any atom is 0.307 e. The van der Waals surface area contributed by atoms with E-state index in [1.165, 1.54) is 5.56 Å². The summed E-state index contributed by atoms with van der Waals surface area (Å²) >= 11 is 1.77. The molecule has 0 radical (unpaired) electrons. The zero-order chi connectivity index (χ0) is 15.1. The minimum Gasteiger partial charge on any atom is -0.497 e. The number of benzene rings is 2. The summed E-state index contributed by atoms with van der Waals surface area (Å²) < 4.78 is 5.13. The van der Waals surface area contributed by atoms with Crippen molar-refractivity contribution in [2.75, 3.05) is 12.9 Å². The number of ether oxygens (including phenoxy) is 1. The molecule has 2 aromatic rings.